The van der Waals surface area contributed by atoms with Crippen molar-refractivity contribution in [1.82, 2.24) is 0 Å². The van der Waals surface area contributed by atoms with E-state index in [4.69, 9.17) is 21.1 Å². The molecule has 0 heterocycles. The number of carboxylic acid groups (broad SMARTS) is 1. The molecule has 1 aromatic carbocycles. The fourth-order valence-electron chi connectivity index (χ4n) is 0.970. The fourth-order valence-corrected chi connectivity index (χ4v) is 0.970. The van der Waals surface area contributed by atoms with Crippen molar-refractivity contribution < 1.29 is 20.1 Å². The Kier molecular flexibility index (Phi) is 2.35. The van der Waals surface area contributed by atoms with Crippen LogP contribution in [0.2, 0.25) is 0 Å². The van der Waals surface area contributed by atoms with E-state index in [1.165, 1.54) is 19.1 Å². The van der Waals surface area contributed by atoms with E-state index in [1.54, 1.807) is 0 Å². The molecule has 5 nitrogen and oxygen atoms in total. The van der Waals surface area contributed by atoms with E-state index in [0.29, 0.717) is 0 Å². The van der Waals surface area contributed by atoms with Crippen LogP contribution in [0.25, 0.3) is 0 Å². The minimum atomic E-state index is -1.58. The first-order chi connectivity index (χ1) is 6.35. The molecule has 1 aromatic rings. The van der Waals surface area contributed by atoms with Crippen LogP contribution in [-0.2, 0) is 10.3 Å². The van der Waals surface area contributed by atoms with Crippen molar-refractivity contribution in [3.05, 3.63) is 23.8 Å². The van der Waals surface area contributed by atoms with Gasteiger partial charge in [-0.05, 0) is 24.6 Å². The van der Waals surface area contributed by atoms with Gasteiger partial charge >= 0.3 is 5.97 Å². The Labute approximate surface area is 80.4 Å². The zero-order valence-electron chi connectivity index (χ0n) is 7.56. The molecular weight excluding hydrogens is 186 g/mol. The van der Waals surface area contributed by atoms with Crippen LogP contribution < -0.4 is 5.73 Å². The zero-order valence-corrected chi connectivity index (χ0v) is 7.56. The third kappa shape index (κ3) is 1.62. The van der Waals surface area contributed by atoms with Gasteiger partial charge in [-0.2, -0.15) is 0 Å². The highest BCUT2D eigenvalue weighted by Gasteiger charge is 2.30. The number of aliphatic carboxylic acids is 1. The quantitative estimate of drug-likeness (QED) is 0.512. The van der Waals surface area contributed by atoms with Gasteiger partial charge in [-0.1, -0.05) is 6.07 Å². The number of rotatable bonds is 2. The average Bonchev–Trinajstić information content (AvgIpc) is 2.09. The molecule has 14 heavy (non-hydrogen) atoms. The smallest absolute Gasteiger partial charge is 0.328 e. The molecule has 0 radical (unpaired) electrons. The maximum atomic E-state index is 10.7. The van der Waals surface area contributed by atoms with Gasteiger partial charge in [-0.15, -0.1) is 0 Å². The van der Waals surface area contributed by atoms with Gasteiger partial charge in [0.05, 0.1) is 0 Å². The molecule has 0 spiro atoms. The molecule has 76 valence electrons. The lowest BCUT2D eigenvalue weighted by Gasteiger charge is -2.19. The van der Waals surface area contributed by atoms with Crippen molar-refractivity contribution in [3.8, 4) is 11.5 Å². The van der Waals surface area contributed by atoms with Crippen molar-refractivity contribution in [2.75, 3.05) is 0 Å². The van der Waals surface area contributed by atoms with Gasteiger partial charge < -0.3 is 21.1 Å². The molecule has 0 saturated heterocycles. The minimum Gasteiger partial charge on any atom is -0.504 e. The second-order valence-corrected chi connectivity index (χ2v) is 3.21. The lowest BCUT2D eigenvalue weighted by atomic mass is 9.93. The molecule has 0 bridgehead atoms. The van der Waals surface area contributed by atoms with Crippen LogP contribution in [0.1, 0.15) is 12.5 Å². The van der Waals surface area contributed by atoms with Gasteiger partial charge in [-0.3, -0.25) is 0 Å². The Bertz CT molecular complexity index is 373. The van der Waals surface area contributed by atoms with E-state index < -0.39 is 11.5 Å². The van der Waals surface area contributed by atoms with Gasteiger partial charge in [0.15, 0.2) is 11.5 Å². The molecule has 0 fully saturated rings. The minimum absolute atomic E-state index is 0.223. The summed E-state index contributed by atoms with van der Waals surface area (Å²) in [5.74, 6) is -1.90. The van der Waals surface area contributed by atoms with E-state index in [2.05, 4.69) is 0 Å². The summed E-state index contributed by atoms with van der Waals surface area (Å²) >= 11 is 0. The average molecular weight is 197 g/mol. The Hall–Kier alpha value is -1.75. The first-order valence-electron chi connectivity index (χ1n) is 3.90. The maximum Gasteiger partial charge on any atom is 0.328 e. The van der Waals surface area contributed by atoms with Crippen LogP contribution in [0.5, 0.6) is 11.5 Å². The predicted octanol–water partition coefficient (Wildman–Crippen LogP) is 0.356. The maximum absolute atomic E-state index is 10.7. The molecule has 0 aliphatic rings. The summed E-state index contributed by atoms with van der Waals surface area (Å²) in [6.45, 7) is 1.31. The second kappa shape index (κ2) is 3.19. The van der Waals surface area contributed by atoms with E-state index >= 15 is 0 Å². The number of hydrogen-bond acceptors (Lipinski definition) is 4. The molecule has 0 aliphatic carbocycles. The van der Waals surface area contributed by atoms with Crippen LogP contribution >= 0.6 is 0 Å². The van der Waals surface area contributed by atoms with Crippen molar-refractivity contribution in [1.29, 1.82) is 0 Å². The van der Waals surface area contributed by atoms with Crippen LogP contribution in [0.3, 0.4) is 0 Å². The Morgan fingerprint density at radius 3 is 2.36 bits per heavy atom. The van der Waals surface area contributed by atoms with Crippen LogP contribution in [-0.4, -0.2) is 21.3 Å². The molecule has 1 atom stereocenters. The summed E-state index contributed by atoms with van der Waals surface area (Å²) in [6, 6.07) is 3.67. The van der Waals surface area contributed by atoms with E-state index in [9.17, 15) is 4.79 Å². The summed E-state index contributed by atoms with van der Waals surface area (Å²) in [5, 5.41) is 26.9. The van der Waals surface area contributed by atoms with E-state index in [-0.39, 0.29) is 17.1 Å². The lowest BCUT2D eigenvalue weighted by Crippen LogP contribution is -2.41. The number of nitrogens with two attached hydrogens (primary N) is 1. The Balaban J connectivity index is 3.21. The molecule has 0 saturated carbocycles. The van der Waals surface area contributed by atoms with Crippen LogP contribution in [0.4, 0.5) is 0 Å². The first-order valence-corrected chi connectivity index (χ1v) is 3.90. The molecule has 5 N–H and O–H groups in total. The van der Waals surface area contributed by atoms with Crippen molar-refractivity contribution >= 4 is 5.97 Å². The molecule has 0 amide bonds. The third-order valence-electron chi connectivity index (χ3n) is 2.02. The standard InChI is InChI=1S/C9H11NO4/c1-9(10,8(13)14)5-2-3-6(11)7(12)4-5/h2-4,11-12H,10H2,1H3,(H,13,14)/t9-/m0/s1. The highest BCUT2D eigenvalue weighted by atomic mass is 16.4. The van der Waals surface area contributed by atoms with Crippen molar-refractivity contribution in [2.24, 2.45) is 5.73 Å². The summed E-state index contributed by atoms with van der Waals surface area (Å²) in [7, 11) is 0. The van der Waals surface area contributed by atoms with Crippen molar-refractivity contribution in [3.63, 3.8) is 0 Å². The normalized spacial score (nSPS) is 14.7. The molecule has 0 unspecified atom stereocenters. The van der Waals surface area contributed by atoms with Gasteiger partial charge in [0.1, 0.15) is 5.54 Å². The van der Waals surface area contributed by atoms with Gasteiger partial charge in [-0.25, -0.2) is 4.79 Å². The summed E-state index contributed by atoms with van der Waals surface area (Å²) in [6.07, 6.45) is 0. The number of carboxylic acids is 1. The van der Waals surface area contributed by atoms with Gasteiger partial charge in [0.2, 0.25) is 0 Å². The second-order valence-electron chi connectivity index (χ2n) is 3.21. The van der Waals surface area contributed by atoms with Gasteiger partial charge in [0, 0.05) is 0 Å². The number of hydrogen-bond donors (Lipinski definition) is 4. The summed E-state index contributed by atoms with van der Waals surface area (Å²) in [4.78, 5) is 10.7. The molecule has 0 aliphatic heterocycles. The van der Waals surface area contributed by atoms with Gasteiger partial charge in [0.25, 0.3) is 0 Å². The lowest BCUT2D eigenvalue weighted by molar-refractivity contribution is -0.143. The van der Waals surface area contributed by atoms with E-state index in [0.717, 1.165) is 6.07 Å². The number of phenols is 2. The number of phenolic OH excluding ortho intramolecular Hbond substituents is 2. The zero-order chi connectivity index (χ0) is 10.9. The first kappa shape index (κ1) is 10.3. The number of benzene rings is 1. The number of aromatic hydroxyl groups is 2. The summed E-state index contributed by atoms with van der Waals surface area (Å²) < 4.78 is 0. The van der Waals surface area contributed by atoms with Crippen LogP contribution in [0.15, 0.2) is 18.2 Å². The Morgan fingerprint density at radius 2 is 1.93 bits per heavy atom. The molecule has 0 aromatic heterocycles. The monoisotopic (exact) mass is 197 g/mol. The third-order valence-corrected chi connectivity index (χ3v) is 2.02. The highest BCUT2D eigenvalue weighted by molar-refractivity contribution is 5.80. The fraction of sp³-hybridized carbons (Fsp3) is 0.222. The molecule has 1 rings (SSSR count). The largest absolute Gasteiger partial charge is 0.504 e. The SMILES string of the molecule is C[C@@](N)(C(=O)O)c1ccc(O)c(O)c1. The van der Waals surface area contributed by atoms with Crippen molar-refractivity contribution in [2.45, 2.75) is 12.5 Å². The van der Waals surface area contributed by atoms with E-state index in [1.807, 2.05) is 0 Å². The molecule has 5 heteroatoms. The Morgan fingerprint density at radius 1 is 1.36 bits per heavy atom. The molecular formula is C9H11NO4. The topological polar surface area (TPSA) is 104 Å². The highest BCUT2D eigenvalue weighted by Crippen LogP contribution is 2.29. The predicted molar refractivity (Wildman–Crippen MR) is 48.9 cm³/mol. The van der Waals surface area contributed by atoms with Crippen LogP contribution in [0, 0.1) is 0 Å². The summed E-state index contributed by atoms with van der Waals surface area (Å²) in [5.41, 5.74) is 4.15. The number of carbonyl (C=O) groups is 1.